The van der Waals surface area contributed by atoms with Gasteiger partial charge in [-0.1, -0.05) is 60.7 Å². The number of fused-ring (bicyclic) bond motifs is 1. The molecule has 1 fully saturated rings. The molecular formula is C22H20N2O5S. The van der Waals surface area contributed by atoms with Crippen LogP contribution in [-0.4, -0.2) is 52.1 Å². The smallest absolute Gasteiger partial charge is 0.356 e. The Morgan fingerprint density at radius 1 is 1.17 bits per heavy atom. The van der Waals surface area contributed by atoms with Gasteiger partial charge >= 0.3 is 5.97 Å². The zero-order valence-corrected chi connectivity index (χ0v) is 16.7. The average molecular weight is 424 g/mol. The molecule has 0 aromatic heterocycles. The van der Waals surface area contributed by atoms with Crippen LogP contribution in [0.2, 0.25) is 0 Å². The van der Waals surface area contributed by atoms with Crippen molar-refractivity contribution in [1.82, 2.24) is 10.2 Å². The van der Waals surface area contributed by atoms with E-state index < -0.39 is 29.4 Å². The van der Waals surface area contributed by atoms with Gasteiger partial charge in [-0.05, 0) is 16.7 Å². The summed E-state index contributed by atoms with van der Waals surface area (Å²) in [5.41, 5.74) is 2.08. The summed E-state index contributed by atoms with van der Waals surface area (Å²) in [6, 6.07) is 18.0. The largest absolute Gasteiger partial charge is 0.448 e. The Kier molecular flexibility index (Phi) is 5.87. The third-order valence-electron chi connectivity index (χ3n) is 5.11. The molecule has 0 spiro atoms. The highest BCUT2D eigenvalue weighted by Gasteiger charge is 2.53. The fourth-order valence-electron chi connectivity index (χ4n) is 3.63. The Labute approximate surface area is 177 Å². The van der Waals surface area contributed by atoms with Crippen molar-refractivity contribution < 1.29 is 24.2 Å². The van der Waals surface area contributed by atoms with E-state index in [1.165, 1.54) is 16.7 Å². The Morgan fingerprint density at radius 2 is 1.77 bits per heavy atom. The fourth-order valence-corrected chi connectivity index (χ4v) is 4.98. The Hall–Kier alpha value is -3.10. The van der Waals surface area contributed by atoms with E-state index in [0.29, 0.717) is 17.7 Å². The average Bonchev–Trinajstić information content (AvgIpc) is 2.80. The monoisotopic (exact) mass is 424 g/mol. The number of aliphatic hydroxyl groups is 1. The predicted octanol–water partition coefficient (Wildman–Crippen LogP) is 1.60. The fraction of sp³-hybridized carbons (Fsp3) is 0.227. The van der Waals surface area contributed by atoms with Crippen LogP contribution in [0.1, 0.15) is 17.2 Å². The number of nitrogens with one attached hydrogen (secondary N) is 1. The van der Waals surface area contributed by atoms with Crippen LogP contribution in [0.4, 0.5) is 0 Å². The van der Waals surface area contributed by atoms with Gasteiger partial charge in [0.2, 0.25) is 6.41 Å². The number of thioether (sulfide) groups is 1. The first-order valence-corrected chi connectivity index (χ1v) is 10.5. The highest BCUT2D eigenvalue weighted by atomic mass is 32.2. The highest BCUT2D eigenvalue weighted by molar-refractivity contribution is 8.00. The number of amides is 2. The Balaban J connectivity index is 1.65. The number of aliphatic hydroxyl groups excluding tert-OH is 1. The van der Waals surface area contributed by atoms with Crippen molar-refractivity contribution in [1.29, 1.82) is 0 Å². The lowest BCUT2D eigenvalue weighted by molar-refractivity contribution is -0.154. The van der Waals surface area contributed by atoms with Gasteiger partial charge in [0, 0.05) is 5.75 Å². The van der Waals surface area contributed by atoms with Crippen LogP contribution >= 0.6 is 11.8 Å². The lowest BCUT2D eigenvalue weighted by Crippen LogP contribution is -2.69. The zero-order valence-electron chi connectivity index (χ0n) is 15.9. The number of nitrogens with zero attached hydrogens (tertiary/aromatic N) is 1. The molecule has 0 radical (unpaired) electrons. The molecule has 2 aromatic rings. The minimum absolute atomic E-state index is 0.0621. The Morgan fingerprint density at radius 3 is 2.30 bits per heavy atom. The van der Waals surface area contributed by atoms with Gasteiger partial charge in [-0.3, -0.25) is 14.5 Å². The first-order chi connectivity index (χ1) is 14.7. The number of carbonyl (C=O) groups is 3. The van der Waals surface area contributed by atoms with Gasteiger partial charge in [0.25, 0.3) is 5.91 Å². The molecule has 2 amide bonds. The van der Waals surface area contributed by atoms with Crippen LogP contribution in [-0.2, 0) is 19.1 Å². The molecule has 4 rings (SSSR count). The van der Waals surface area contributed by atoms with Crippen molar-refractivity contribution in [2.24, 2.45) is 0 Å². The molecule has 30 heavy (non-hydrogen) atoms. The number of carbonyl (C=O) groups excluding carboxylic acids is 3. The maximum Gasteiger partial charge on any atom is 0.356 e. The third kappa shape index (κ3) is 3.59. The highest BCUT2D eigenvalue weighted by Crippen LogP contribution is 2.41. The lowest BCUT2D eigenvalue weighted by atomic mass is 10.0. The van der Waals surface area contributed by atoms with Crippen molar-refractivity contribution >= 4 is 30.0 Å². The standard InChI is InChI=1S/C22H20N2O5S/c25-11-16-12-30-21-17(23-13-26)20(27)24(21)18(16)22(28)29-19(14-7-3-1-4-8-14)15-9-5-2-6-10-15/h1-10,13,17,19,21,25H,11-12H2,(H,23,26)/t17-,21-/m1/s1. The van der Waals surface area contributed by atoms with Gasteiger partial charge in [0.15, 0.2) is 6.10 Å². The van der Waals surface area contributed by atoms with E-state index in [4.69, 9.17) is 4.74 Å². The van der Waals surface area contributed by atoms with Crippen LogP contribution < -0.4 is 5.32 Å². The van der Waals surface area contributed by atoms with Crippen LogP contribution in [0.25, 0.3) is 0 Å². The summed E-state index contributed by atoms with van der Waals surface area (Å²) in [5, 5.41) is 11.9. The summed E-state index contributed by atoms with van der Waals surface area (Å²) < 4.78 is 5.89. The van der Waals surface area contributed by atoms with Crippen LogP contribution in [0, 0.1) is 0 Å². The number of β-lactam (4-membered cyclic amide) rings is 1. The quantitative estimate of drug-likeness (QED) is 0.398. The summed E-state index contributed by atoms with van der Waals surface area (Å²) in [4.78, 5) is 37.9. The van der Waals surface area contributed by atoms with Crippen LogP contribution in [0.3, 0.4) is 0 Å². The molecule has 2 aromatic carbocycles. The number of rotatable bonds is 7. The number of hydrogen-bond donors (Lipinski definition) is 2. The summed E-state index contributed by atoms with van der Waals surface area (Å²) in [7, 11) is 0. The van der Waals surface area contributed by atoms with Gasteiger partial charge in [0.05, 0.1) is 6.61 Å². The molecule has 0 aliphatic carbocycles. The van der Waals surface area contributed by atoms with Gasteiger partial charge in [-0.2, -0.15) is 0 Å². The molecule has 1 saturated heterocycles. The summed E-state index contributed by atoms with van der Waals surface area (Å²) in [6.45, 7) is -0.360. The van der Waals surface area contributed by atoms with Gasteiger partial charge in [-0.15, -0.1) is 11.8 Å². The molecule has 2 aliphatic heterocycles. The maximum absolute atomic E-state index is 13.2. The second-order valence-corrected chi connectivity index (χ2v) is 7.99. The second kappa shape index (κ2) is 8.73. The number of hydrogen-bond acceptors (Lipinski definition) is 6. The van der Waals surface area contributed by atoms with Crippen LogP contribution in [0.5, 0.6) is 0 Å². The molecule has 2 atom stereocenters. The van der Waals surface area contributed by atoms with Crippen molar-refractivity contribution in [3.8, 4) is 0 Å². The van der Waals surface area contributed by atoms with Crippen molar-refractivity contribution in [2.75, 3.05) is 12.4 Å². The first kappa shape index (κ1) is 20.2. The SMILES string of the molecule is O=CN[C@@H]1C(=O)N2C(C(=O)OC(c3ccccc3)c3ccccc3)=C(CO)CS[C@H]12. The Bertz CT molecular complexity index is 940. The van der Waals surface area contributed by atoms with Crippen molar-refractivity contribution in [3.05, 3.63) is 83.1 Å². The topological polar surface area (TPSA) is 95.9 Å². The van der Waals surface area contributed by atoms with E-state index in [-0.39, 0.29) is 12.3 Å². The molecular weight excluding hydrogens is 404 g/mol. The summed E-state index contributed by atoms with van der Waals surface area (Å²) in [5.74, 6) is -0.707. The van der Waals surface area contributed by atoms with Gasteiger partial charge in [0.1, 0.15) is 17.1 Å². The number of benzene rings is 2. The molecule has 0 saturated carbocycles. The van der Waals surface area contributed by atoms with E-state index >= 15 is 0 Å². The first-order valence-electron chi connectivity index (χ1n) is 9.43. The van der Waals surface area contributed by atoms with Gasteiger partial charge < -0.3 is 15.2 Å². The van der Waals surface area contributed by atoms with E-state index in [2.05, 4.69) is 5.32 Å². The zero-order chi connectivity index (χ0) is 21.1. The lowest BCUT2D eigenvalue weighted by Gasteiger charge is -2.49. The molecule has 0 bridgehead atoms. The normalized spacial score (nSPS) is 20.5. The number of esters is 1. The number of ether oxygens (including phenoxy) is 1. The summed E-state index contributed by atoms with van der Waals surface area (Å²) >= 11 is 1.39. The molecule has 7 nitrogen and oxygen atoms in total. The van der Waals surface area contributed by atoms with E-state index in [9.17, 15) is 19.5 Å². The second-order valence-electron chi connectivity index (χ2n) is 6.89. The molecule has 2 aliphatic rings. The molecule has 0 unspecified atom stereocenters. The van der Waals surface area contributed by atoms with Crippen molar-refractivity contribution in [2.45, 2.75) is 17.5 Å². The van der Waals surface area contributed by atoms with E-state index in [1.54, 1.807) is 0 Å². The summed E-state index contributed by atoms with van der Waals surface area (Å²) in [6.07, 6.45) is -0.189. The van der Waals surface area contributed by atoms with Crippen molar-refractivity contribution in [3.63, 3.8) is 0 Å². The predicted molar refractivity (Wildman–Crippen MR) is 111 cm³/mol. The minimum atomic E-state index is -0.686. The molecule has 8 heteroatoms. The van der Waals surface area contributed by atoms with Gasteiger partial charge in [-0.25, -0.2) is 4.79 Å². The third-order valence-corrected chi connectivity index (χ3v) is 6.45. The van der Waals surface area contributed by atoms with E-state index in [1.807, 2.05) is 60.7 Å². The molecule has 2 heterocycles. The maximum atomic E-state index is 13.2. The minimum Gasteiger partial charge on any atom is -0.448 e. The molecule has 154 valence electrons. The molecule has 2 N–H and O–H groups in total. The van der Waals surface area contributed by atoms with E-state index in [0.717, 1.165) is 11.1 Å². The van der Waals surface area contributed by atoms with Crippen LogP contribution in [0.15, 0.2) is 71.9 Å².